The second-order valence-corrected chi connectivity index (χ2v) is 7.74. The normalized spacial score (nSPS) is 20.2. The molecule has 1 saturated heterocycles. The number of benzene rings is 1. The predicted octanol–water partition coefficient (Wildman–Crippen LogP) is 5.19. The van der Waals surface area contributed by atoms with Crippen molar-refractivity contribution in [3.8, 4) is 0 Å². The largest absolute Gasteiger partial charge is 0.405 e. The lowest BCUT2D eigenvalue weighted by molar-refractivity contribution is 0.357. The maximum atomic E-state index is 14.1. The summed E-state index contributed by atoms with van der Waals surface area (Å²) < 4.78 is 17.5. The zero-order valence-corrected chi connectivity index (χ0v) is 16.4. The van der Waals surface area contributed by atoms with E-state index in [2.05, 4.69) is 42.0 Å². The minimum absolute atomic E-state index is 0.0474. The molecule has 1 aliphatic rings. The summed E-state index contributed by atoms with van der Waals surface area (Å²) >= 11 is 1.55. The van der Waals surface area contributed by atoms with E-state index in [0.717, 1.165) is 23.4 Å². The fourth-order valence-corrected chi connectivity index (χ4v) is 3.94. The van der Waals surface area contributed by atoms with Crippen LogP contribution in [0.4, 0.5) is 10.1 Å². The van der Waals surface area contributed by atoms with Crippen LogP contribution in [0.25, 0.3) is 0 Å². The molecule has 0 saturated carbocycles. The third kappa shape index (κ3) is 5.25. The summed E-state index contributed by atoms with van der Waals surface area (Å²) in [6, 6.07) is 3.75. The van der Waals surface area contributed by atoms with Crippen molar-refractivity contribution in [3.05, 3.63) is 52.8 Å². The Labute approximate surface area is 155 Å². The summed E-state index contributed by atoms with van der Waals surface area (Å²) in [4.78, 5) is 2.37. The van der Waals surface area contributed by atoms with Gasteiger partial charge in [0.05, 0.1) is 5.69 Å². The number of halogens is 1. The molecule has 0 bridgehead atoms. The Morgan fingerprint density at radius 3 is 2.64 bits per heavy atom. The number of likely N-dealkylation sites (N-methyl/N-ethyl adjacent to an activating group) is 1. The summed E-state index contributed by atoms with van der Waals surface area (Å²) in [5.74, 6) is 0.0810. The van der Waals surface area contributed by atoms with E-state index in [4.69, 9.17) is 5.73 Å². The molecule has 0 aromatic heterocycles. The molecular weight excluding hydrogens is 333 g/mol. The van der Waals surface area contributed by atoms with Gasteiger partial charge in [-0.2, -0.15) is 0 Å². The molecule has 2 atom stereocenters. The standard InChI is InChI=1S/C20H30FN3S/c1-14(2)18-12-16(21)13-19(15(3)7-9-22)20(18)23-25-11-8-17-6-5-10-24(17)4/h7-9,11-15,17,23H,5-6,10,22H2,1-4H3/b9-7-,11-8+. The number of rotatable bonds is 7. The molecule has 2 unspecified atom stereocenters. The first-order chi connectivity index (χ1) is 11.9. The predicted molar refractivity (Wildman–Crippen MR) is 108 cm³/mol. The molecule has 3 nitrogen and oxygen atoms in total. The van der Waals surface area contributed by atoms with E-state index in [1.54, 1.807) is 24.1 Å². The van der Waals surface area contributed by atoms with Crippen molar-refractivity contribution < 1.29 is 4.39 Å². The highest BCUT2D eigenvalue weighted by Crippen LogP contribution is 2.36. The first-order valence-corrected chi connectivity index (χ1v) is 9.82. The van der Waals surface area contributed by atoms with Crippen LogP contribution in [-0.2, 0) is 0 Å². The molecule has 1 aromatic carbocycles. The number of allylic oxidation sites excluding steroid dienone is 1. The van der Waals surface area contributed by atoms with Gasteiger partial charge in [-0.25, -0.2) is 4.39 Å². The second-order valence-electron chi connectivity index (χ2n) is 7.03. The van der Waals surface area contributed by atoms with Crippen LogP contribution in [0.15, 0.2) is 35.9 Å². The lowest BCUT2D eigenvalue weighted by Gasteiger charge is -2.21. The lowest BCUT2D eigenvalue weighted by Crippen LogP contribution is -2.22. The van der Waals surface area contributed by atoms with Crippen LogP contribution in [0.2, 0.25) is 0 Å². The Balaban J connectivity index is 2.20. The maximum absolute atomic E-state index is 14.1. The van der Waals surface area contributed by atoms with Crippen LogP contribution >= 0.6 is 11.9 Å². The molecule has 0 spiro atoms. The number of nitrogens with two attached hydrogens (primary N) is 1. The quantitative estimate of drug-likeness (QED) is 0.654. The van der Waals surface area contributed by atoms with Crippen LogP contribution in [0.5, 0.6) is 0 Å². The number of anilines is 1. The van der Waals surface area contributed by atoms with Crippen molar-refractivity contribution in [3.63, 3.8) is 0 Å². The Morgan fingerprint density at radius 1 is 1.32 bits per heavy atom. The van der Waals surface area contributed by atoms with Gasteiger partial charge in [-0.1, -0.05) is 32.9 Å². The van der Waals surface area contributed by atoms with Gasteiger partial charge >= 0.3 is 0 Å². The number of nitrogens with zero attached hydrogens (tertiary/aromatic N) is 1. The van der Waals surface area contributed by atoms with Crippen molar-refractivity contribution in [2.75, 3.05) is 18.3 Å². The lowest BCUT2D eigenvalue weighted by atomic mass is 9.92. The summed E-state index contributed by atoms with van der Waals surface area (Å²) in [6.45, 7) is 7.36. The second kappa shape index (κ2) is 9.30. The van der Waals surface area contributed by atoms with Gasteiger partial charge in [0.25, 0.3) is 0 Å². The van der Waals surface area contributed by atoms with Crippen molar-refractivity contribution >= 4 is 17.6 Å². The SMILES string of the molecule is CC(C)c1cc(F)cc(C(C)/C=C\N)c1NS/C=C/C1CCCN1C. The van der Waals surface area contributed by atoms with Crippen molar-refractivity contribution in [2.24, 2.45) is 5.73 Å². The average molecular weight is 364 g/mol. The molecule has 1 aromatic rings. The summed E-state index contributed by atoms with van der Waals surface area (Å²) in [5, 5.41) is 2.10. The Kier molecular flexibility index (Phi) is 7.38. The average Bonchev–Trinajstić information content (AvgIpc) is 2.97. The molecule has 0 radical (unpaired) electrons. The third-order valence-electron chi connectivity index (χ3n) is 4.78. The number of likely N-dealkylation sites (tertiary alicyclic amines) is 1. The van der Waals surface area contributed by atoms with Gasteiger partial charge in [0.15, 0.2) is 0 Å². The first kappa shape index (κ1) is 19.9. The molecule has 3 N–H and O–H groups in total. The third-order valence-corrected chi connectivity index (χ3v) is 5.40. The van der Waals surface area contributed by atoms with Gasteiger partial charge in [-0.05, 0) is 79.2 Å². The molecule has 25 heavy (non-hydrogen) atoms. The van der Waals surface area contributed by atoms with Crippen LogP contribution in [0.3, 0.4) is 0 Å². The summed E-state index contributed by atoms with van der Waals surface area (Å²) in [7, 11) is 2.16. The van der Waals surface area contributed by atoms with E-state index in [9.17, 15) is 4.39 Å². The molecule has 5 heteroatoms. The minimum Gasteiger partial charge on any atom is -0.405 e. The van der Waals surface area contributed by atoms with Crippen LogP contribution < -0.4 is 10.5 Å². The highest BCUT2D eigenvalue weighted by Gasteiger charge is 2.18. The molecule has 2 rings (SSSR count). The van der Waals surface area contributed by atoms with E-state index >= 15 is 0 Å². The molecule has 138 valence electrons. The molecule has 0 amide bonds. The maximum Gasteiger partial charge on any atom is 0.123 e. The van der Waals surface area contributed by atoms with Gasteiger partial charge in [-0.15, -0.1) is 0 Å². The zero-order chi connectivity index (χ0) is 18.4. The molecule has 1 aliphatic heterocycles. The van der Waals surface area contributed by atoms with E-state index in [1.807, 2.05) is 13.0 Å². The highest BCUT2D eigenvalue weighted by atomic mass is 32.2. The van der Waals surface area contributed by atoms with Gasteiger partial charge in [0.2, 0.25) is 0 Å². The van der Waals surface area contributed by atoms with E-state index in [1.165, 1.54) is 19.0 Å². The number of hydrogen-bond acceptors (Lipinski definition) is 4. The van der Waals surface area contributed by atoms with Gasteiger partial charge in [-0.3, -0.25) is 4.90 Å². The van der Waals surface area contributed by atoms with Crippen molar-refractivity contribution in [1.82, 2.24) is 4.90 Å². The summed E-state index contributed by atoms with van der Waals surface area (Å²) in [6.07, 6.45) is 8.12. The van der Waals surface area contributed by atoms with E-state index in [-0.39, 0.29) is 17.7 Å². The molecule has 1 heterocycles. The molecule has 0 aliphatic carbocycles. The van der Waals surface area contributed by atoms with Gasteiger partial charge < -0.3 is 10.5 Å². The topological polar surface area (TPSA) is 41.3 Å². The molecular formula is C20H30FN3S. The van der Waals surface area contributed by atoms with Gasteiger partial charge in [0.1, 0.15) is 5.82 Å². The van der Waals surface area contributed by atoms with Crippen LogP contribution in [0, 0.1) is 5.82 Å². The fraction of sp³-hybridized carbons (Fsp3) is 0.500. The molecule has 1 fully saturated rings. The van der Waals surface area contributed by atoms with Gasteiger partial charge in [0, 0.05) is 12.0 Å². The van der Waals surface area contributed by atoms with Crippen molar-refractivity contribution in [2.45, 2.75) is 51.5 Å². The fourth-order valence-electron chi connectivity index (χ4n) is 3.25. The van der Waals surface area contributed by atoms with Crippen molar-refractivity contribution in [1.29, 1.82) is 0 Å². The first-order valence-electron chi connectivity index (χ1n) is 8.94. The summed E-state index contributed by atoms with van der Waals surface area (Å²) in [5.41, 5.74) is 8.46. The van der Waals surface area contributed by atoms with E-state index in [0.29, 0.717) is 6.04 Å². The smallest absolute Gasteiger partial charge is 0.123 e. The van der Waals surface area contributed by atoms with Crippen LogP contribution in [0.1, 0.15) is 56.6 Å². The Bertz CT molecular complexity index is 628. The number of nitrogens with one attached hydrogen (secondary N) is 1. The van der Waals surface area contributed by atoms with Crippen LogP contribution in [-0.4, -0.2) is 24.5 Å². The number of hydrogen-bond donors (Lipinski definition) is 2. The minimum atomic E-state index is -0.199. The Morgan fingerprint density at radius 2 is 2.04 bits per heavy atom. The highest BCUT2D eigenvalue weighted by molar-refractivity contribution is 8.03. The van der Waals surface area contributed by atoms with E-state index < -0.39 is 0 Å². The zero-order valence-electron chi connectivity index (χ0n) is 15.6. The Hall–Kier alpha value is -1.46. The monoisotopic (exact) mass is 363 g/mol.